The zero-order valence-electron chi connectivity index (χ0n) is 14.4. The molecule has 3 aliphatic heterocycles. The minimum atomic E-state index is -1.71. The number of amides is 2. The topological polar surface area (TPSA) is 55.8 Å². The summed E-state index contributed by atoms with van der Waals surface area (Å²) in [7, 11) is 0. The van der Waals surface area contributed by atoms with Gasteiger partial charge < -0.3 is 4.74 Å². The zero-order chi connectivity index (χ0) is 20.4. The number of hydrogen-bond donors (Lipinski definition) is 0. The second-order valence-electron chi connectivity index (χ2n) is 7.95. The molecular weight excluding hydrogens is 495 g/mol. The number of allylic oxidation sites excluding steroid dienone is 2. The second-order valence-corrected chi connectivity index (χ2v) is 11.2. The van der Waals surface area contributed by atoms with Gasteiger partial charge in [0.05, 0.1) is 40.7 Å². The molecule has 11 heteroatoms. The number of ether oxygens (including phenoxy) is 1. The fraction of sp³-hybridized carbons (Fsp3) is 0.765. The van der Waals surface area contributed by atoms with Crippen molar-refractivity contribution in [3.63, 3.8) is 0 Å². The molecule has 8 unspecified atom stereocenters. The third-order valence-electron chi connectivity index (χ3n) is 6.86. The van der Waals surface area contributed by atoms with Crippen LogP contribution in [0.5, 0.6) is 0 Å². The highest BCUT2D eigenvalue weighted by Gasteiger charge is 2.90. The van der Waals surface area contributed by atoms with Crippen molar-refractivity contribution in [2.45, 2.75) is 46.1 Å². The smallest absolute Gasteiger partial charge is 0.260 e. The number of nitrogens with zero attached hydrogens (tertiary/aromatic N) is 1. The van der Waals surface area contributed by atoms with Gasteiger partial charge in [-0.2, -0.15) is 5.06 Å². The van der Waals surface area contributed by atoms with Gasteiger partial charge in [-0.3, -0.25) is 14.4 Å². The van der Waals surface area contributed by atoms with E-state index in [4.69, 9.17) is 79.2 Å². The van der Waals surface area contributed by atoms with Gasteiger partial charge in [0.1, 0.15) is 9.75 Å². The van der Waals surface area contributed by atoms with Crippen LogP contribution in [0.25, 0.3) is 0 Å². The third kappa shape index (κ3) is 1.90. The van der Waals surface area contributed by atoms with Crippen molar-refractivity contribution in [1.29, 1.82) is 0 Å². The Bertz CT molecular complexity index is 776. The van der Waals surface area contributed by atoms with E-state index in [0.29, 0.717) is 0 Å². The SMILES string of the molecule is CCCCON1C(=O)C2C3OC(C2C1=O)C1C3C2(Cl)C(Cl)=C(Cl)C1(Cl)C2(Cl)Cl. The summed E-state index contributed by atoms with van der Waals surface area (Å²) in [5.74, 6) is -3.47. The molecule has 4 fully saturated rings. The lowest BCUT2D eigenvalue weighted by Gasteiger charge is -2.39. The summed E-state index contributed by atoms with van der Waals surface area (Å²) in [6.45, 7) is 2.27. The number of carbonyl (C=O) groups excluding carboxylic acids is 2. The number of fused-ring (bicyclic) bond motifs is 12. The maximum absolute atomic E-state index is 13.0. The van der Waals surface area contributed by atoms with E-state index in [-0.39, 0.29) is 16.7 Å². The Morgan fingerprint density at radius 2 is 1.43 bits per heavy atom. The largest absolute Gasteiger partial charge is 0.373 e. The van der Waals surface area contributed by atoms with E-state index >= 15 is 0 Å². The zero-order valence-corrected chi connectivity index (χ0v) is 19.0. The standard InChI is InChI=1S/C17H15Cl6NO4/c1-2-3-4-27-24-13(25)5-6(14(24)26)10-8-7(9(5)28-10)15(20)11(18)12(19)16(8,21)17(15,22)23/h5-10H,2-4H2,1H3. The summed E-state index contributed by atoms with van der Waals surface area (Å²) in [5, 5.41) is 0.999. The first-order chi connectivity index (χ1) is 13.1. The van der Waals surface area contributed by atoms with Gasteiger partial charge in [-0.05, 0) is 6.42 Å². The Kier molecular flexibility index (Phi) is 4.43. The van der Waals surface area contributed by atoms with Crippen molar-refractivity contribution in [3.05, 3.63) is 10.1 Å². The second kappa shape index (κ2) is 6.07. The van der Waals surface area contributed by atoms with E-state index in [0.717, 1.165) is 17.9 Å². The van der Waals surface area contributed by atoms with Crippen molar-refractivity contribution < 1.29 is 19.2 Å². The highest BCUT2D eigenvalue weighted by molar-refractivity contribution is 6.65. The van der Waals surface area contributed by atoms with E-state index in [1.54, 1.807) is 0 Å². The van der Waals surface area contributed by atoms with Crippen LogP contribution < -0.4 is 0 Å². The van der Waals surface area contributed by atoms with Crippen molar-refractivity contribution in [3.8, 4) is 0 Å². The molecule has 0 aromatic carbocycles. The predicted octanol–water partition coefficient (Wildman–Crippen LogP) is 4.18. The van der Waals surface area contributed by atoms with E-state index in [9.17, 15) is 9.59 Å². The lowest BCUT2D eigenvalue weighted by atomic mass is 9.65. The Balaban J connectivity index is 1.55. The number of unbranched alkanes of at least 4 members (excludes halogenated alkanes) is 1. The Labute approximate surface area is 191 Å². The monoisotopic (exact) mass is 507 g/mol. The quantitative estimate of drug-likeness (QED) is 0.324. The minimum Gasteiger partial charge on any atom is -0.373 e. The summed E-state index contributed by atoms with van der Waals surface area (Å²) >= 11 is 39.9. The number of carbonyl (C=O) groups is 2. The summed E-state index contributed by atoms with van der Waals surface area (Å²) in [4.78, 5) is 28.3. The molecule has 0 aromatic rings. The molecule has 5 aliphatic rings. The molecule has 3 heterocycles. The number of rotatable bonds is 4. The lowest BCUT2D eigenvalue weighted by molar-refractivity contribution is -0.192. The summed E-state index contributed by atoms with van der Waals surface area (Å²) in [6, 6.07) is 0. The highest BCUT2D eigenvalue weighted by Crippen LogP contribution is 2.81. The Morgan fingerprint density at radius 1 is 0.964 bits per heavy atom. The molecule has 0 spiro atoms. The molecule has 3 saturated heterocycles. The highest BCUT2D eigenvalue weighted by atomic mass is 35.5. The number of alkyl halides is 4. The van der Waals surface area contributed by atoms with Gasteiger partial charge in [-0.25, -0.2) is 0 Å². The fourth-order valence-electron chi connectivity index (χ4n) is 5.70. The molecule has 2 aliphatic carbocycles. The summed E-state index contributed by atoms with van der Waals surface area (Å²) in [6.07, 6.45) is 0.197. The fourth-order valence-corrected chi connectivity index (χ4v) is 8.76. The van der Waals surface area contributed by atoms with Crippen LogP contribution in [0.2, 0.25) is 0 Å². The summed E-state index contributed by atoms with van der Waals surface area (Å²) in [5.41, 5.74) is 0. The molecular formula is C17H15Cl6NO4. The molecule has 8 atom stereocenters. The average Bonchev–Trinajstić information content (AvgIpc) is 3.34. The van der Waals surface area contributed by atoms with Gasteiger partial charge in [0.25, 0.3) is 11.8 Å². The normalized spacial score (nSPS) is 50.2. The van der Waals surface area contributed by atoms with E-state index in [1.807, 2.05) is 6.92 Å². The number of hydrogen-bond acceptors (Lipinski definition) is 4. The number of imide groups is 1. The van der Waals surface area contributed by atoms with E-state index in [2.05, 4.69) is 0 Å². The van der Waals surface area contributed by atoms with Gasteiger partial charge in [-0.1, -0.05) is 59.7 Å². The van der Waals surface area contributed by atoms with E-state index < -0.39 is 61.8 Å². The molecule has 2 amide bonds. The van der Waals surface area contributed by atoms with Crippen LogP contribution in [0.4, 0.5) is 0 Å². The Morgan fingerprint density at radius 3 is 1.86 bits per heavy atom. The molecule has 0 N–H and O–H groups in total. The van der Waals surface area contributed by atoms with Crippen LogP contribution in [0.1, 0.15) is 19.8 Å². The van der Waals surface area contributed by atoms with Crippen LogP contribution in [0, 0.1) is 23.7 Å². The molecule has 0 radical (unpaired) electrons. The molecule has 0 aromatic heterocycles. The van der Waals surface area contributed by atoms with Crippen LogP contribution in [-0.4, -0.2) is 49.8 Å². The van der Waals surface area contributed by atoms with Crippen molar-refractivity contribution >= 4 is 81.4 Å². The first kappa shape index (κ1) is 20.4. The van der Waals surface area contributed by atoms with Crippen molar-refractivity contribution in [2.75, 3.05) is 6.61 Å². The number of hydroxylamine groups is 2. The maximum Gasteiger partial charge on any atom is 0.260 e. The van der Waals surface area contributed by atoms with Gasteiger partial charge >= 0.3 is 0 Å². The lowest BCUT2D eigenvalue weighted by Crippen LogP contribution is -2.50. The van der Waals surface area contributed by atoms with E-state index in [1.165, 1.54) is 0 Å². The van der Waals surface area contributed by atoms with Crippen LogP contribution >= 0.6 is 69.6 Å². The molecule has 154 valence electrons. The van der Waals surface area contributed by atoms with Crippen molar-refractivity contribution in [2.24, 2.45) is 23.7 Å². The predicted molar refractivity (Wildman–Crippen MR) is 106 cm³/mol. The van der Waals surface area contributed by atoms with Crippen LogP contribution in [0.3, 0.4) is 0 Å². The molecule has 28 heavy (non-hydrogen) atoms. The van der Waals surface area contributed by atoms with Gasteiger partial charge in [0.2, 0.25) is 0 Å². The third-order valence-corrected chi connectivity index (χ3v) is 11.1. The Hall–Kier alpha value is 0.540. The molecule has 4 bridgehead atoms. The van der Waals surface area contributed by atoms with Crippen LogP contribution in [0.15, 0.2) is 10.1 Å². The van der Waals surface area contributed by atoms with Crippen molar-refractivity contribution in [1.82, 2.24) is 5.06 Å². The first-order valence-corrected chi connectivity index (χ1v) is 11.3. The van der Waals surface area contributed by atoms with Gasteiger partial charge in [-0.15, -0.1) is 23.2 Å². The first-order valence-electron chi connectivity index (χ1n) is 9.04. The molecule has 5 rings (SSSR count). The van der Waals surface area contributed by atoms with Crippen LogP contribution in [-0.2, 0) is 19.2 Å². The van der Waals surface area contributed by atoms with Gasteiger partial charge in [0.15, 0.2) is 4.33 Å². The maximum atomic E-state index is 13.0. The van der Waals surface area contributed by atoms with Gasteiger partial charge in [0, 0.05) is 11.8 Å². The summed E-state index contributed by atoms with van der Waals surface area (Å²) < 4.78 is 4.35. The molecule has 5 nitrogen and oxygen atoms in total. The minimum absolute atomic E-state index is 0.0672. The number of halogens is 6. The molecule has 1 saturated carbocycles. The average molecular weight is 510 g/mol.